The molecule has 0 saturated carbocycles. The van der Waals surface area contributed by atoms with Crippen molar-refractivity contribution >= 4 is 5.91 Å². The molecule has 0 unspecified atom stereocenters. The summed E-state index contributed by atoms with van der Waals surface area (Å²) in [6, 6.07) is 8.61. The van der Waals surface area contributed by atoms with Crippen molar-refractivity contribution in [1.29, 1.82) is 0 Å². The Bertz CT molecular complexity index is 787. The van der Waals surface area contributed by atoms with E-state index in [1.807, 2.05) is 0 Å². The number of likely N-dealkylation sites (tertiary alicyclic amines) is 1. The van der Waals surface area contributed by atoms with Gasteiger partial charge in [0.1, 0.15) is 12.4 Å². The van der Waals surface area contributed by atoms with Crippen LogP contribution in [0.1, 0.15) is 36.1 Å². The van der Waals surface area contributed by atoms with Crippen molar-refractivity contribution in [3.63, 3.8) is 0 Å². The number of piperidine rings is 1. The fraction of sp³-hybridized carbons (Fsp3) is 0.368. The van der Waals surface area contributed by atoms with E-state index in [1.165, 1.54) is 0 Å². The molecule has 2 heterocycles. The van der Waals surface area contributed by atoms with E-state index in [4.69, 9.17) is 0 Å². The minimum Gasteiger partial charge on any atom is -0.338 e. The highest BCUT2D eigenvalue weighted by Crippen LogP contribution is 2.31. The van der Waals surface area contributed by atoms with E-state index in [9.17, 15) is 22.4 Å². The first kappa shape index (κ1) is 18.4. The second-order valence-corrected chi connectivity index (χ2v) is 6.30. The van der Waals surface area contributed by atoms with Gasteiger partial charge in [-0.3, -0.25) is 4.79 Å². The van der Waals surface area contributed by atoms with E-state index in [1.54, 1.807) is 29.2 Å². The van der Waals surface area contributed by atoms with Crippen LogP contribution in [0.2, 0.25) is 0 Å². The Morgan fingerprint density at radius 3 is 2.38 bits per heavy atom. The number of carbonyl (C=O) groups is 1. The minimum atomic E-state index is -4.59. The smallest absolute Gasteiger partial charge is 0.338 e. The van der Waals surface area contributed by atoms with Gasteiger partial charge in [0.15, 0.2) is 0 Å². The first-order valence-electron chi connectivity index (χ1n) is 8.38. The molecule has 7 heteroatoms. The Morgan fingerprint density at radius 2 is 1.77 bits per heavy atom. The lowest BCUT2D eigenvalue weighted by Gasteiger charge is -2.26. The first-order chi connectivity index (χ1) is 12.4. The van der Waals surface area contributed by atoms with Gasteiger partial charge in [-0.2, -0.15) is 13.2 Å². The summed E-state index contributed by atoms with van der Waals surface area (Å²) in [5, 5.41) is 0. The lowest BCUT2D eigenvalue weighted by atomic mass is 10.0. The molecule has 0 aliphatic carbocycles. The normalized spacial score (nSPS) is 15.4. The Balaban J connectivity index is 1.85. The highest BCUT2D eigenvalue weighted by atomic mass is 19.4. The Hall–Kier alpha value is -2.44. The van der Waals surface area contributed by atoms with Crippen molar-refractivity contribution in [2.24, 2.45) is 0 Å². The fourth-order valence-corrected chi connectivity index (χ4v) is 3.02. The Kier molecular flexibility index (Phi) is 5.25. The molecule has 1 saturated heterocycles. The number of pyridine rings is 1. The average Bonchev–Trinajstić information content (AvgIpc) is 2.63. The molecule has 0 spiro atoms. The maximum atomic E-state index is 13.2. The topological polar surface area (TPSA) is 33.2 Å². The minimum absolute atomic E-state index is 0.0112. The van der Waals surface area contributed by atoms with E-state index < -0.39 is 18.5 Å². The molecule has 1 fully saturated rings. The second-order valence-electron chi connectivity index (χ2n) is 6.30. The number of amides is 1. The zero-order chi connectivity index (χ0) is 18.7. The summed E-state index contributed by atoms with van der Waals surface area (Å²) in [7, 11) is 0. The number of hydrogen-bond donors (Lipinski definition) is 0. The van der Waals surface area contributed by atoms with Gasteiger partial charge in [0.25, 0.3) is 0 Å². The van der Waals surface area contributed by atoms with Crippen molar-refractivity contribution in [3.8, 4) is 11.3 Å². The lowest BCUT2D eigenvalue weighted by Crippen LogP contribution is -2.34. The molecule has 1 amide bonds. The molecule has 26 heavy (non-hydrogen) atoms. The maximum Gasteiger partial charge on any atom is 0.433 e. The van der Waals surface area contributed by atoms with Crippen molar-refractivity contribution in [2.75, 3.05) is 6.54 Å². The predicted octanol–water partition coefficient (Wildman–Crippen LogP) is 4.75. The van der Waals surface area contributed by atoms with Crippen molar-refractivity contribution in [1.82, 2.24) is 9.88 Å². The summed E-state index contributed by atoms with van der Waals surface area (Å²) in [4.78, 5) is 17.3. The van der Waals surface area contributed by atoms with Crippen LogP contribution in [0.5, 0.6) is 0 Å². The molecule has 0 atom stereocenters. The van der Waals surface area contributed by atoms with Gasteiger partial charge < -0.3 is 4.90 Å². The number of halogens is 4. The van der Waals surface area contributed by atoms with E-state index in [0.29, 0.717) is 25.1 Å². The zero-order valence-corrected chi connectivity index (χ0v) is 14.0. The fourth-order valence-electron chi connectivity index (χ4n) is 3.02. The number of rotatable bonds is 4. The molecule has 3 nitrogen and oxygen atoms in total. The number of carbonyl (C=O) groups excluding carboxylic acids is 1. The van der Waals surface area contributed by atoms with Gasteiger partial charge in [0, 0.05) is 30.6 Å². The van der Waals surface area contributed by atoms with Crippen LogP contribution >= 0.6 is 0 Å². The molecule has 0 bridgehead atoms. The molecule has 0 radical (unpaired) electrons. The van der Waals surface area contributed by atoms with E-state index in [2.05, 4.69) is 4.98 Å². The largest absolute Gasteiger partial charge is 0.433 e. The van der Waals surface area contributed by atoms with Crippen LogP contribution in [0.4, 0.5) is 17.6 Å². The van der Waals surface area contributed by atoms with Gasteiger partial charge in [0.05, 0.1) is 5.69 Å². The van der Waals surface area contributed by atoms with Crippen molar-refractivity contribution < 1.29 is 22.4 Å². The summed E-state index contributed by atoms with van der Waals surface area (Å²) in [6.45, 7) is 0.275. The predicted molar refractivity (Wildman–Crippen MR) is 88.8 cm³/mol. The number of hydrogen-bond acceptors (Lipinski definition) is 2. The zero-order valence-electron chi connectivity index (χ0n) is 14.0. The number of alkyl halides is 4. The van der Waals surface area contributed by atoms with Crippen LogP contribution in [0.25, 0.3) is 11.3 Å². The summed E-state index contributed by atoms with van der Waals surface area (Å²) in [6.07, 6.45) is -2.16. The highest BCUT2D eigenvalue weighted by Gasteiger charge is 2.33. The summed E-state index contributed by atoms with van der Waals surface area (Å²) < 4.78 is 51.8. The third kappa shape index (κ3) is 4.03. The molecule has 1 aromatic heterocycles. The molecule has 1 aliphatic rings. The third-order valence-electron chi connectivity index (χ3n) is 4.44. The molecular formula is C19H18F4N2O. The summed E-state index contributed by atoms with van der Waals surface area (Å²) in [5.74, 6) is 0.111. The average molecular weight is 366 g/mol. The summed E-state index contributed by atoms with van der Waals surface area (Å²) in [5.41, 5.74) is 0.336. The van der Waals surface area contributed by atoms with Gasteiger partial charge in [-0.05, 0) is 24.5 Å². The van der Waals surface area contributed by atoms with Crippen LogP contribution in [0, 0.1) is 0 Å². The lowest BCUT2D eigenvalue weighted by molar-refractivity contribution is -0.141. The molecule has 2 aromatic rings. The molecule has 1 aromatic carbocycles. The quantitative estimate of drug-likeness (QED) is 0.732. The number of aromatic nitrogens is 1. The van der Waals surface area contributed by atoms with Gasteiger partial charge >= 0.3 is 6.18 Å². The molecule has 0 N–H and O–H groups in total. The third-order valence-corrected chi connectivity index (χ3v) is 4.44. The van der Waals surface area contributed by atoms with Crippen molar-refractivity contribution in [3.05, 3.63) is 53.2 Å². The second kappa shape index (κ2) is 7.43. The van der Waals surface area contributed by atoms with Crippen LogP contribution in [-0.4, -0.2) is 22.3 Å². The van der Waals surface area contributed by atoms with Gasteiger partial charge in [-0.1, -0.05) is 30.3 Å². The van der Waals surface area contributed by atoms with Gasteiger partial charge in [-0.15, -0.1) is 0 Å². The number of benzene rings is 1. The van der Waals surface area contributed by atoms with E-state index in [0.717, 1.165) is 30.5 Å². The van der Waals surface area contributed by atoms with E-state index >= 15 is 0 Å². The first-order valence-corrected chi connectivity index (χ1v) is 8.38. The Labute approximate surface area is 148 Å². The molecular weight excluding hydrogens is 348 g/mol. The molecule has 138 valence electrons. The number of nitrogens with zero attached hydrogens (tertiary/aromatic N) is 2. The molecule has 1 aliphatic heterocycles. The van der Waals surface area contributed by atoms with Gasteiger partial charge in [0.2, 0.25) is 5.91 Å². The van der Waals surface area contributed by atoms with Crippen molar-refractivity contribution in [2.45, 2.75) is 38.7 Å². The monoisotopic (exact) mass is 366 g/mol. The van der Waals surface area contributed by atoms with Crippen LogP contribution in [-0.2, 0) is 24.2 Å². The summed E-state index contributed by atoms with van der Waals surface area (Å²) >= 11 is 0. The molecule has 3 rings (SSSR count). The SMILES string of the molecule is O=C1CCCCN1Cc1ccc(-c2nc(C(F)(F)F)ccc2CF)cc1. The van der Waals surface area contributed by atoms with Crippen LogP contribution in [0.3, 0.4) is 0 Å². The highest BCUT2D eigenvalue weighted by molar-refractivity contribution is 5.76. The standard InChI is InChI=1S/C19H18F4N2O/c20-11-15-8-9-16(19(21,22)23)24-18(15)14-6-4-13(5-7-14)12-25-10-2-1-3-17(25)26/h4-9H,1-3,10-12H2. The van der Waals surface area contributed by atoms with Crippen LogP contribution in [0.15, 0.2) is 36.4 Å². The van der Waals surface area contributed by atoms with Gasteiger partial charge in [-0.25, -0.2) is 9.37 Å². The van der Waals surface area contributed by atoms with Crippen LogP contribution < -0.4 is 0 Å². The Morgan fingerprint density at radius 1 is 1.04 bits per heavy atom. The maximum absolute atomic E-state index is 13.2. The van der Waals surface area contributed by atoms with E-state index in [-0.39, 0.29) is 17.2 Å².